The van der Waals surface area contributed by atoms with Gasteiger partial charge in [0.05, 0.1) is 0 Å². The Morgan fingerprint density at radius 2 is 2.10 bits per heavy atom. The molecule has 2 heteroatoms. The summed E-state index contributed by atoms with van der Waals surface area (Å²) in [5.41, 5.74) is 0.755. The fourth-order valence-corrected chi connectivity index (χ4v) is 0.736. The van der Waals surface area contributed by atoms with Crippen LogP contribution < -0.4 is 0 Å². The van der Waals surface area contributed by atoms with Gasteiger partial charge in [0.1, 0.15) is 5.75 Å². The van der Waals surface area contributed by atoms with Gasteiger partial charge in [-0.1, -0.05) is 12.1 Å². The van der Waals surface area contributed by atoms with Crippen LogP contribution in [-0.2, 0) is 0 Å². The molecule has 0 atom stereocenters. The molecule has 2 nitrogen and oxygen atoms in total. The Labute approximate surface area is 59.9 Å². The van der Waals surface area contributed by atoms with Crippen molar-refractivity contribution in [1.82, 2.24) is 0 Å². The molecule has 0 bridgehead atoms. The largest absolute Gasteiger partial charge is 0.507 e. The van der Waals surface area contributed by atoms with Crippen molar-refractivity contribution in [3.8, 4) is 5.75 Å². The minimum absolute atomic E-state index is 0.271. The molecule has 1 aromatic rings. The fourth-order valence-electron chi connectivity index (χ4n) is 0.736. The highest BCUT2D eigenvalue weighted by Crippen LogP contribution is 2.12. The normalized spacial score (nSPS) is 10.5. The number of phenols is 1. The molecule has 0 aliphatic rings. The lowest BCUT2D eigenvalue weighted by Gasteiger charge is -1.94. The van der Waals surface area contributed by atoms with Crippen molar-refractivity contribution < 1.29 is 5.11 Å². The summed E-state index contributed by atoms with van der Waals surface area (Å²) in [5, 5.41) is 9.15. The molecular weight excluding hydrogens is 126 g/mol. The lowest BCUT2D eigenvalue weighted by Crippen LogP contribution is -1.79. The Kier molecular flexibility index (Phi) is 2.05. The summed E-state index contributed by atoms with van der Waals surface area (Å²) in [6.07, 6.45) is 1.62. The molecule has 10 heavy (non-hydrogen) atoms. The quantitative estimate of drug-likeness (QED) is 0.580. The van der Waals surface area contributed by atoms with Crippen molar-refractivity contribution in [1.29, 1.82) is 0 Å². The van der Waals surface area contributed by atoms with Crippen LogP contribution in [0.15, 0.2) is 29.3 Å². The number of benzene rings is 1. The molecule has 0 aromatic heterocycles. The van der Waals surface area contributed by atoms with Crippen LogP contribution in [-0.4, -0.2) is 18.4 Å². The van der Waals surface area contributed by atoms with E-state index in [1.807, 2.05) is 12.1 Å². The van der Waals surface area contributed by atoms with Crippen LogP contribution in [0.3, 0.4) is 0 Å². The van der Waals surface area contributed by atoms with Gasteiger partial charge in [-0.2, -0.15) is 0 Å². The topological polar surface area (TPSA) is 32.6 Å². The number of aromatic hydroxyl groups is 1. The smallest absolute Gasteiger partial charge is 0.124 e. The molecule has 1 rings (SSSR count). The van der Waals surface area contributed by atoms with Crippen molar-refractivity contribution in [2.45, 2.75) is 0 Å². The van der Waals surface area contributed by atoms with Gasteiger partial charge in [0.2, 0.25) is 0 Å². The van der Waals surface area contributed by atoms with E-state index in [-0.39, 0.29) is 5.75 Å². The molecule has 0 unspecified atom stereocenters. The number of hydrogen-bond donors (Lipinski definition) is 1. The lowest BCUT2D eigenvalue weighted by molar-refractivity contribution is 0.474. The molecule has 0 aliphatic carbocycles. The highest BCUT2D eigenvalue weighted by molar-refractivity contribution is 5.82. The van der Waals surface area contributed by atoms with Crippen LogP contribution in [0.1, 0.15) is 5.56 Å². The first-order valence-corrected chi connectivity index (χ1v) is 3.05. The number of rotatable bonds is 1. The molecule has 0 radical (unpaired) electrons. The van der Waals surface area contributed by atoms with Gasteiger partial charge in [-0.3, -0.25) is 4.99 Å². The van der Waals surface area contributed by atoms with Crippen LogP contribution in [0.5, 0.6) is 5.75 Å². The third kappa shape index (κ3) is 1.35. The summed E-state index contributed by atoms with van der Waals surface area (Å²) in [5.74, 6) is 0.271. The molecule has 0 saturated carbocycles. The number of hydrogen-bond acceptors (Lipinski definition) is 2. The average Bonchev–Trinajstić information content (AvgIpc) is 1.94. The van der Waals surface area contributed by atoms with Crippen LogP contribution in [0, 0.1) is 0 Å². The Morgan fingerprint density at radius 1 is 1.40 bits per heavy atom. The first kappa shape index (κ1) is 6.81. The number of phenolic OH excluding ortho intramolecular Hbond substituents is 1. The van der Waals surface area contributed by atoms with E-state index in [1.54, 1.807) is 25.4 Å². The maximum absolute atomic E-state index is 9.15. The molecule has 1 N–H and O–H groups in total. The van der Waals surface area contributed by atoms with Gasteiger partial charge in [-0.25, -0.2) is 0 Å². The van der Waals surface area contributed by atoms with Gasteiger partial charge in [-0.15, -0.1) is 0 Å². The molecular formula is C8H9NO. The Morgan fingerprint density at radius 3 is 2.70 bits per heavy atom. The van der Waals surface area contributed by atoms with E-state index in [4.69, 9.17) is 5.11 Å². The highest BCUT2D eigenvalue weighted by atomic mass is 16.3. The summed E-state index contributed by atoms with van der Waals surface area (Å²) in [6.45, 7) is 0. The summed E-state index contributed by atoms with van der Waals surface area (Å²) in [6, 6.07) is 7.08. The zero-order valence-corrected chi connectivity index (χ0v) is 5.78. The van der Waals surface area contributed by atoms with E-state index < -0.39 is 0 Å². The van der Waals surface area contributed by atoms with E-state index in [0.717, 1.165) is 5.56 Å². The van der Waals surface area contributed by atoms with E-state index in [1.165, 1.54) is 0 Å². The number of para-hydroxylation sites is 1. The van der Waals surface area contributed by atoms with Crippen LogP contribution in [0.2, 0.25) is 0 Å². The molecule has 0 saturated heterocycles. The third-order valence-electron chi connectivity index (χ3n) is 1.20. The molecule has 0 aliphatic heterocycles. The monoisotopic (exact) mass is 135 g/mol. The highest BCUT2D eigenvalue weighted by Gasteiger charge is 1.91. The molecule has 0 fully saturated rings. The van der Waals surface area contributed by atoms with E-state index in [2.05, 4.69) is 4.99 Å². The van der Waals surface area contributed by atoms with Crippen molar-refractivity contribution >= 4 is 6.21 Å². The maximum Gasteiger partial charge on any atom is 0.124 e. The summed E-state index contributed by atoms with van der Waals surface area (Å²) in [7, 11) is 1.67. The second kappa shape index (κ2) is 3.01. The second-order valence-corrected chi connectivity index (χ2v) is 1.95. The van der Waals surface area contributed by atoms with Crippen molar-refractivity contribution in [2.75, 3.05) is 7.05 Å². The fraction of sp³-hybridized carbons (Fsp3) is 0.125. The first-order chi connectivity index (χ1) is 4.84. The van der Waals surface area contributed by atoms with E-state index in [0.29, 0.717) is 0 Å². The Bertz CT molecular complexity index is 243. The van der Waals surface area contributed by atoms with Gasteiger partial charge in [-0.05, 0) is 12.1 Å². The van der Waals surface area contributed by atoms with E-state index >= 15 is 0 Å². The van der Waals surface area contributed by atoms with Gasteiger partial charge < -0.3 is 5.11 Å². The third-order valence-corrected chi connectivity index (χ3v) is 1.20. The van der Waals surface area contributed by atoms with Gasteiger partial charge in [0.15, 0.2) is 0 Å². The van der Waals surface area contributed by atoms with Crippen molar-refractivity contribution in [3.05, 3.63) is 29.8 Å². The number of nitrogens with zero attached hydrogens (tertiary/aromatic N) is 1. The molecule has 0 amide bonds. The average molecular weight is 135 g/mol. The molecule has 52 valence electrons. The van der Waals surface area contributed by atoms with Crippen molar-refractivity contribution in [2.24, 2.45) is 4.99 Å². The molecule has 0 heterocycles. The standard InChI is InChI=1S/C8H9NO/c1-9-6-7-4-2-3-5-8(7)10/h2-6,10H,1H3/b9-6-. The minimum atomic E-state index is 0.271. The lowest BCUT2D eigenvalue weighted by atomic mass is 10.2. The van der Waals surface area contributed by atoms with Gasteiger partial charge >= 0.3 is 0 Å². The number of aliphatic imine (C=N–C) groups is 1. The SMILES string of the molecule is C/N=C\c1ccccc1O. The van der Waals surface area contributed by atoms with Crippen LogP contribution >= 0.6 is 0 Å². The predicted molar refractivity (Wildman–Crippen MR) is 41.6 cm³/mol. The second-order valence-electron chi connectivity index (χ2n) is 1.95. The van der Waals surface area contributed by atoms with Crippen LogP contribution in [0.4, 0.5) is 0 Å². The van der Waals surface area contributed by atoms with Crippen LogP contribution in [0.25, 0.3) is 0 Å². The summed E-state index contributed by atoms with van der Waals surface area (Å²) >= 11 is 0. The summed E-state index contributed by atoms with van der Waals surface area (Å²) < 4.78 is 0. The minimum Gasteiger partial charge on any atom is -0.507 e. The van der Waals surface area contributed by atoms with Crippen molar-refractivity contribution in [3.63, 3.8) is 0 Å². The Hall–Kier alpha value is -1.31. The summed E-state index contributed by atoms with van der Waals surface area (Å²) in [4.78, 5) is 3.78. The predicted octanol–water partition coefficient (Wildman–Crippen LogP) is 1.44. The zero-order valence-electron chi connectivity index (χ0n) is 5.78. The van der Waals surface area contributed by atoms with E-state index in [9.17, 15) is 0 Å². The molecule has 0 spiro atoms. The molecule has 1 aromatic carbocycles. The first-order valence-electron chi connectivity index (χ1n) is 3.05. The maximum atomic E-state index is 9.15. The Balaban J connectivity index is 3.03. The van der Waals surface area contributed by atoms with Gasteiger partial charge in [0, 0.05) is 18.8 Å². The zero-order chi connectivity index (χ0) is 7.40. The van der Waals surface area contributed by atoms with Gasteiger partial charge in [0.25, 0.3) is 0 Å².